The van der Waals surface area contributed by atoms with Crippen molar-refractivity contribution < 1.29 is 14.6 Å². The van der Waals surface area contributed by atoms with Crippen molar-refractivity contribution in [3.05, 3.63) is 101 Å². The number of benzene rings is 3. The number of aromatic hydroxyl groups is 1. The lowest BCUT2D eigenvalue weighted by molar-refractivity contribution is 0.0472. The molecule has 0 saturated heterocycles. The number of hydrogen-bond acceptors (Lipinski definition) is 3. The second-order valence-corrected chi connectivity index (χ2v) is 5.89. The zero-order valence-electron chi connectivity index (χ0n) is 13.9. The Morgan fingerprint density at radius 3 is 2.16 bits per heavy atom. The Kier molecular flexibility index (Phi) is 5.47. The highest BCUT2D eigenvalue weighted by Crippen LogP contribution is 2.18. The number of phenols is 1. The minimum atomic E-state index is -0.323. The molecule has 3 heteroatoms. The zero-order valence-corrected chi connectivity index (χ0v) is 13.9. The quantitative estimate of drug-likeness (QED) is 0.674. The van der Waals surface area contributed by atoms with Crippen molar-refractivity contribution in [2.24, 2.45) is 0 Å². The first-order valence-corrected chi connectivity index (χ1v) is 8.29. The molecule has 0 bridgehead atoms. The van der Waals surface area contributed by atoms with Crippen LogP contribution in [0.5, 0.6) is 5.75 Å². The van der Waals surface area contributed by atoms with Crippen molar-refractivity contribution in [1.29, 1.82) is 0 Å². The van der Waals surface area contributed by atoms with Crippen LogP contribution in [0.3, 0.4) is 0 Å². The summed E-state index contributed by atoms with van der Waals surface area (Å²) in [6, 6.07) is 24.4. The molecule has 0 aromatic heterocycles. The Hall–Kier alpha value is -3.07. The van der Waals surface area contributed by atoms with Crippen LogP contribution in [0.15, 0.2) is 78.9 Å². The van der Waals surface area contributed by atoms with E-state index < -0.39 is 0 Å². The van der Waals surface area contributed by atoms with Gasteiger partial charge in [-0.3, -0.25) is 0 Å². The lowest BCUT2D eigenvalue weighted by atomic mass is 10.0. The Morgan fingerprint density at radius 1 is 0.760 bits per heavy atom. The summed E-state index contributed by atoms with van der Waals surface area (Å²) in [6.07, 6.45) is 1.56. The van der Waals surface area contributed by atoms with Gasteiger partial charge >= 0.3 is 5.97 Å². The third-order valence-corrected chi connectivity index (χ3v) is 4.08. The lowest BCUT2D eigenvalue weighted by Crippen LogP contribution is -2.05. The molecule has 3 aromatic rings. The van der Waals surface area contributed by atoms with Crippen molar-refractivity contribution in [2.45, 2.75) is 19.4 Å². The second-order valence-electron chi connectivity index (χ2n) is 5.89. The topological polar surface area (TPSA) is 46.5 Å². The van der Waals surface area contributed by atoms with Crippen molar-refractivity contribution in [3.8, 4) is 5.75 Å². The van der Waals surface area contributed by atoms with Crippen LogP contribution in [0.2, 0.25) is 0 Å². The number of aryl methyl sites for hydroxylation is 2. The minimum absolute atomic E-state index is 0.273. The molecule has 3 rings (SSSR count). The molecular weight excluding hydrogens is 312 g/mol. The smallest absolute Gasteiger partial charge is 0.338 e. The fourth-order valence-corrected chi connectivity index (χ4v) is 2.62. The summed E-state index contributed by atoms with van der Waals surface area (Å²) in [7, 11) is 0. The fourth-order valence-electron chi connectivity index (χ4n) is 2.62. The van der Waals surface area contributed by atoms with Gasteiger partial charge in [-0.15, -0.1) is 0 Å². The van der Waals surface area contributed by atoms with Gasteiger partial charge in [0.05, 0.1) is 5.56 Å². The van der Waals surface area contributed by atoms with E-state index in [1.807, 2.05) is 60.7 Å². The molecule has 0 atom stereocenters. The third kappa shape index (κ3) is 4.70. The van der Waals surface area contributed by atoms with Gasteiger partial charge in [-0.2, -0.15) is 0 Å². The van der Waals surface area contributed by atoms with Crippen LogP contribution < -0.4 is 0 Å². The van der Waals surface area contributed by atoms with E-state index in [-0.39, 0.29) is 12.6 Å². The van der Waals surface area contributed by atoms with Gasteiger partial charge in [-0.25, -0.2) is 4.79 Å². The van der Waals surface area contributed by atoms with E-state index in [1.165, 1.54) is 0 Å². The van der Waals surface area contributed by atoms with E-state index in [2.05, 4.69) is 0 Å². The Bertz CT molecular complexity index is 823. The first-order chi connectivity index (χ1) is 12.2. The van der Waals surface area contributed by atoms with E-state index in [0.29, 0.717) is 11.3 Å². The predicted molar refractivity (Wildman–Crippen MR) is 97.5 cm³/mol. The highest BCUT2D eigenvalue weighted by molar-refractivity contribution is 5.89. The maximum atomic E-state index is 12.1. The van der Waals surface area contributed by atoms with Gasteiger partial charge in [0.2, 0.25) is 0 Å². The number of rotatable bonds is 6. The van der Waals surface area contributed by atoms with Crippen LogP contribution >= 0.6 is 0 Å². The molecule has 25 heavy (non-hydrogen) atoms. The number of phenolic OH excluding ortho intramolecular Hbond substituents is 1. The summed E-state index contributed by atoms with van der Waals surface area (Å²) < 4.78 is 5.33. The molecule has 3 aromatic carbocycles. The zero-order chi connectivity index (χ0) is 17.5. The molecule has 0 unspecified atom stereocenters. The summed E-state index contributed by atoms with van der Waals surface area (Å²) >= 11 is 0. The number of esters is 1. The maximum absolute atomic E-state index is 12.1. The minimum Gasteiger partial charge on any atom is -0.508 e. The van der Waals surface area contributed by atoms with E-state index in [4.69, 9.17) is 4.74 Å². The first kappa shape index (κ1) is 16.8. The van der Waals surface area contributed by atoms with Crippen LogP contribution in [0.25, 0.3) is 0 Å². The molecule has 0 saturated carbocycles. The molecule has 0 radical (unpaired) electrons. The SMILES string of the molecule is O=C(OCc1ccccc1)c1ccc(CCc2ccccc2O)cc1. The number of ether oxygens (including phenoxy) is 1. The summed E-state index contributed by atoms with van der Waals surface area (Å²) in [5.41, 5.74) is 3.55. The molecule has 1 N–H and O–H groups in total. The van der Waals surface area contributed by atoms with E-state index >= 15 is 0 Å². The molecule has 0 spiro atoms. The van der Waals surface area contributed by atoms with Crippen LogP contribution in [-0.4, -0.2) is 11.1 Å². The van der Waals surface area contributed by atoms with Crippen molar-refractivity contribution in [3.63, 3.8) is 0 Å². The number of carbonyl (C=O) groups excluding carboxylic acids is 1. The Balaban J connectivity index is 1.54. The van der Waals surface area contributed by atoms with Gasteiger partial charge < -0.3 is 9.84 Å². The summed E-state index contributed by atoms with van der Waals surface area (Å²) in [5.74, 6) is -0.000262. The van der Waals surface area contributed by atoms with Crippen molar-refractivity contribution in [2.75, 3.05) is 0 Å². The molecule has 0 fully saturated rings. The van der Waals surface area contributed by atoms with Crippen LogP contribution in [0.4, 0.5) is 0 Å². The molecule has 126 valence electrons. The third-order valence-electron chi connectivity index (χ3n) is 4.08. The van der Waals surface area contributed by atoms with Gasteiger partial charge in [0, 0.05) is 0 Å². The summed E-state index contributed by atoms with van der Waals surface area (Å²) in [4.78, 5) is 12.1. The monoisotopic (exact) mass is 332 g/mol. The van der Waals surface area contributed by atoms with E-state index in [0.717, 1.165) is 29.5 Å². The highest BCUT2D eigenvalue weighted by Gasteiger charge is 2.08. The molecule has 3 nitrogen and oxygen atoms in total. The van der Waals surface area contributed by atoms with Crippen molar-refractivity contribution in [1.82, 2.24) is 0 Å². The Morgan fingerprint density at radius 2 is 1.44 bits per heavy atom. The highest BCUT2D eigenvalue weighted by atomic mass is 16.5. The van der Waals surface area contributed by atoms with Gasteiger partial charge in [-0.05, 0) is 47.7 Å². The normalized spacial score (nSPS) is 10.4. The van der Waals surface area contributed by atoms with E-state index in [1.54, 1.807) is 18.2 Å². The average Bonchev–Trinajstić information content (AvgIpc) is 2.67. The van der Waals surface area contributed by atoms with E-state index in [9.17, 15) is 9.90 Å². The second kappa shape index (κ2) is 8.15. The predicted octanol–water partition coefficient (Wildman–Crippen LogP) is 4.53. The largest absolute Gasteiger partial charge is 0.508 e. The number of para-hydroxylation sites is 1. The van der Waals surface area contributed by atoms with Crippen LogP contribution in [0, 0.1) is 0 Å². The van der Waals surface area contributed by atoms with Crippen molar-refractivity contribution >= 4 is 5.97 Å². The lowest BCUT2D eigenvalue weighted by Gasteiger charge is -2.07. The molecule has 0 amide bonds. The summed E-state index contributed by atoms with van der Waals surface area (Å²) in [5, 5.41) is 9.80. The van der Waals surface area contributed by atoms with Crippen LogP contribution in [0.1, 0.15) is 27.0 Å². The molecule has 0 heterocycles. The standard InChI is InChI=1S/C22H20O3/c23-21-9-5-4-8-19(21)13-10-17-11-14-20(15-12-17)22(24)25-16-18-6-2-1-3-7-18/h1-9,11-12,14-15,23H,10,13,16H2. The molecule has 0 aliphatic rings. The fraction of sp³-hybridized carbons (Fsp3) is 0.136. The van der Waals surface area contributed by atoms with Crippen LogP contribution in [-0.2, 0) is 24.2 Å². The van der Waals surface area contributed by atoms with Gasteiger partial charge in [0.1, 0.15) is 12.4 Å². The molecule has 0 aliphatic carbocycles. The summed E-state index contributed by atoms with van der Waals surface area (Å²) in [6.45, 7) is 0.273. The van der Waals surface area contributed by atoms with Gasteiger partial charge in [0.15, 0.2) is 0 Å². The maximum Gasteiger partial charge on any atom is 0.338 e. The van der Waals surface area contributed by atoms with Gasteiger partial charge in [-0.1, -0.05) is 60.7 Å². The van der Waals surface area contributed by atoms with Gasteiger partial charge in [0.25, 0.3) is 0 Å². The average molecular weight is 332 g/mol. The number of hydrogen-bond donors (Lipinski definition) is 1. The Labute approximate surface area is 147 Å². The number of carbonyl (C=O) groups is 1. The molecule has 0 aliphatic heterocycles. The first-order valence-electron chi connectivity index (χ1n) is 8.29. The molecular formula is C22H20O3.